The average Bonchev–Trinajstić information content (AvgIpc) is 2.89. The number of amides is 4. The molecule has 0 atom stereocenters. The fourth-order valence-corrected chi connectivity index (χ4v) is 3.92. The maximum absolute atomic E-state index is 12.7. The zero-order chi connectivity index (χ0) is 21.1. The molecule has 0 unspecified atom stereocenters. The van der Waals surface area contributed by atoms with Gasteiger partial charge in [-0.1, -0.05) is 52.2 Å². The molecule has 3 rings (SSSR count). The molecule has 0 bridgehead atoms. The highest BCUT2D eigenvalue weighted by Gasteiger charge is 2.51. The largest absolute Gasteiger partial charge is 0.492 e. The summed E-state index contributed by atoms with van der Waals surface area (Å²) in [4.78, 5) is 38.1. The zero-order valence-electron chi connectivity index (χ0n) is 17.5. The summed E-state index contributed by atoms with van der Waals surface area (Å²) in [5.41, 5.74) is 0.516. The molecular formula is C22H31N3O4. The molecule has 2 aliphatic rings. The van der Waals surface area contributed by atoms with E-state index in [4.69, 9.17) is 4.74 Å². The molecule has 2 N–H and O–H groups in total. The van der Waals surface area contributed by atoms with E-state index < -0.39 is 11.6 Å². The van der Waals surface area contributed by atoms with Crippen molar-refractivity contribution in [1.29, 1.82) is 0 Å². The predicted molar refractivity (Wildman–Crippen MR) is 110 cm³/mol. The van der Waals surface area contributed by atoms with Crippen molar-refractivity contribution in [3.05, 3.63) is 29.8 Å². The minimum absolute atomic E-state index is 0.0853. The summed E-state index contributed by atoms with van der Waals surface area (Å²) in [7, 11) is 0. The van der Waals surface area contributed by atoms with Gasteiger partial charge in [-0.3, -0.25) is 14.5 Å². The molecule has 2 fully saturated rings. The van der Waals surface area contributed by atoms with Crippen molar-refractivity contribution in [2.24, 2.45) is 0 Å². The molecule has 29 heavy (non-hydrogen) atoms. The molecule has 4 amide bonds. The van der Waals surface area contributed by atoms with E-state index >= 15 is 0 Å². The molecule has 7 nitrogen and oxygen atoms in total. The third-order valence-electron chi connectivity index (χ3n) is 5.67. The number of ether oxygens (including phenoxy) is 1. The summed E-state index contributed by atoms with van der Waals surface area (Å²) >= 11 is 0. The van der Waals surface area contributed by atoms with Crippen LogP contribution in [0.15, 0.2) is 24.3 Å². The summed E-state index contributed by atoms with van der Waals surface area (Å²) in [5.74, 6) is 0.0983. The maximum Gasteiger partial charge on any atom is 0.325 e. The fourth-order valence-electron chi connectivity index (χ4n) is 3.92. The van der Waals surface area contributed by atoms with Crippen molar-refractivity contribution in [3.63, 3.8) is 0 Å². The molecule has 0 radical (unpaired) electrons. The number of urea groups is 1. The van der Waals surface area contributed by atoms with E-state index in [0.29, 0.717) is 26.0 Å². The number of benzene rings is 1. The zero-order valence-corrected chi connectivity index (χ0v) is 17.5. The number of imide groups is 1. The Morgan fingerprint density at radius 1 is 1.14 bits per heavy atom. The molecule has 158 valence electrons. The Labute approximate surface area is 172 Å². The summed E-state index contributed by atoms with van der Waals surface area (Å²) in [6.45, 7) is 6.81. The number of nitrogens with zero attached hydrogens (tertiary/aromatic N) is 1. The van der Waals surface area contributed by atoms with E-state index in [1.807, 2.05) is 24.3 Å². The van der Waals surface area contributed by atoms with Gasteiger partial charge in [-0.2, -0.15) is 0 Å². The molecule has 1 spiro atoms. The second-order valence-corrected chi connectivity index (χ2v) is 8.94. The first-order valence-corrected chi connectivity index (χ1v) is 10.4. The van der Waals surface area contributed by atoms with Crippen molar-refractivity contribution in [3.8, 4) is 5.75 Å². The topological polar surface area (TPSA) is 87.7 Å². The highest BCUT2D eigenvalue weighted by Crippen LogP contribution is 2.33. The second-order valence-electron chi connectivity index (χ2n) is 8.94. The monoisotopic (exact) mass is 401 g/mol. The fraction of sp³-hybridized carbons (Fsp3) is 0.591. The van der Waals surface area contributed by atoms with Gasteiger partial charge in [0.2, 0.25) is 5.91 Å². The maximum atomic E-state index is 12.7. The van der Waals surface area contributed by atoms with Crippen molar-refractivity contribution in [1.82, 2.24) is 15.5 Å². The van der Waals surface area contributed by atoms with Crippen LogP contribution < -0.4 is 15.4 Å². The van der Waals surface area contributed by atoms with Gasteiger partial charge in [0, 0.05) is 0 Å². The molecule has 1 saturated carbocycles. The van der Waals surface area contributed by atoms with Gasteiger partial charge in [0.25, 0.3) is 5.91 Å². The van der Waals surface area contributed by atoms with E-state index in [0.717, 1.165) is 29.9 Å². The van der Waals surface area contributed by atoms with Crippen molar-refractivity contribution < 1.29 is 19.1 Å². The molecule has 1 aliphatic heterocycles. The van der Waals surface area contributed by atoms with Crippen LogP contribution >= 0.6 is 0 Å². The SMILES string of the molecule is CC(C)(C)c1ccc(OCCNC(=O)CN2C(=O)NC3(CCCCC3)C2=O)cc1. The van der Waals surface area contributed by atoms with Crippen LogP contribution in [-0.2, 0) is 15.0 Å². The summed E-state index contributed by atoms with van der Waals surface area (Å²) in [6.07, 6.45) is 4.21. The second kappa shape index (κ2) is 8.43. The van der Waals surface area contributed by atoms with Crippen LogP contribution in [0.2, 0.25) is 0 Å². The molecule has 1 saturated heterocycles. The van der Waals surface area contributed by atoms with Crippen LogP contribution in [0.1, 0.15) is 58.4 Å². The molecule has 1 aromatic carbocycles. The first kappa shape index (κ1) is 21.1. The number of hydrogen-bond acceptors (Lipinski definition) is 4. The Hall–Kier alpha value is -2.57. The van der Waals surface area contributed by atoms with Gasteiger partial charge in [-0.05, 0) is 36.0 Å². The quantitative estimate of drug-likeness (QED) is 0.567. The Balaban J connectivity index is 1.42. The summed E-state index contributed by atoms with van der Waals surface area (Å²) in [5, 5.41) is 5.52. The molecule has 0 aromatic heterocycles. The van der Waals surface area contributed by atoms with Gasteiger partial charge >= 0.3 is 6.03 Å². The van der Waals surface area contributed by atoms with Crippen molar-refractivity contribution in [2.45, 2.75) is 63.8 Å². The summed E-state index contributed by atoms with van der Waals surface area (Å²) < 4.78 is 5.65. The van der Waals surface area contributed by atoms with Gasteiger partial charge in [0.15, 0.2) is 0 Å². The first-order chi connectivity index (χ1) is 13.7. The molecule has 1 heterocycles. The van der Waals surface area contributed by atoms with Gasteiger partial charge < -0.3 is 15.4 Å². The number of nitrogens with one attached hydrogen (secondary N) is 2. The lowest BCUT2D eigenvalue weighted by Crippen LogP contribution is -2.49. The molecule has 1 aliphatic carbocycles. The van der Waals surface area contributed by atoms with E-state index in [-0.39, 0.29) is 23.8 Å². The van der Waals surface area contributed by atoms with Crippen LogP contribution in [0, 0.1) is 0 Å². The highest BCUT2D eigenvalue weighted by atomic mass is 16.5. The lowest BCUT2D eigenvalue weighted by atomic mass is 9.82. The lowest BCUT2D eigenvalue weighted by molar-refractivity contribution is -0.135. The van der Waals surface area contributed by atoms with Crippen LogP contribution in [0.5, 0.6) is 5.75 Å². The normalized spacial score (nSPS) is 18.7. The molecule has 7 heteroatoms. The third kappa shape index (κ3) is 4.89. The van der Waals surface area contributed by atoms with E-state index in [2.05, 4.69) is 31.4 Å². The highest BCUT2D eigenvalue weighted by molar-refractivity contribution is 6.09. The van der Waals surface area contributed by atoms with Crippen LogP contribution in [0.3, 0.4) is 0 Å². The van der Waals surface area contributed by atoms with E-state index in [1.54, 1.807) is 0 Å². The third-order valence-corrected chi connectivity index (χ3v) is 5.67. The Kier molecular flexibility index (Phi) is 6.15. The van der Waals surface area contributed by atoms with Crippen LogP contribution in [0.4, 0.5) is 4.79 Å². The number of rotatable bonds is 6. The van der Waals surface area contributed by atoms with E-state index in [9.17, 15) is 14.4 Å². The average molecular weight is 402 g/mol. The summed E-state index contributed by atoms with van der Waals surface area (Å²) in [6, 6.07) is 7.43. The molecule has 1 aromatic rings. The van der Waals surface area contributed by atoms with Crippen LogP contribution in [-0.4, -0.2) is 48.0 Å². The Morgan fingerprint density at radius 3 is 2.41 bits per heavy atom. The first-order valence-electron chi connectivity index (χ1n) is 10.4. The van der Waals surface area contributed by atoms with E-state index in [1.165, 1.54) is 5.56 Å². The number of carbonyl (C=O) groups excluding carboxylic acids is 3. The lowest BCUT2D eigenvalue weighted by Gasteiger charge is -2.30. The standard InChI is InChI=1S/C22H31N3O4/c1-21(2,3)16-7-9-17(10-8-16)29-14-13-23-18(26)15-25-19(27)22(24-20(25)28)11-5-4-6-12-22/h7-10H,4-6,11-15H2,1-3H3,(H,23,26)(H,24,28). The smallest absolute Gasteiger partial charge is 0.325 e. The van der Waals surface area contributed by atoms with Crippen molar-refractivity contribution in [2.75, 3.05) is 19.7 Å². The minimum atomic E-state index is -0.794. The number of hydrogen-bond donors (Lipinski definition) is 2. The van der Waals surface area contributed by atoms with Gasteiger partial charge in [0.1, 0.15) is 24.4 Å². The Morgan fingerprint density at radius 2 is 1.79 bits per heavy atom. The van der Waals surface area contributed by atoms with Crippen LogP contribution in [0.25, 0.3) is 0 Å². The minimum Gasteiger partial charge on any atom is -0.492 e. The molecular weight excluding hydrogens is 370 g/mol. The predicted octanol–water partition coefficient (Wildman–Crippen LogP) is 2.73. The van der Waals surface area contributed by atoms with Crippen molar-refractivity contribution >= 4 is 17.8 Å². The van der Waals surface area contributed by atoms with Gasteiger partial charge in [-0.15, -0.1) is 0 Å². The van der Waals surface area contributed by atoms with Gasteiger partial charge in [0.05, 0.1) is 6.54 Å². The number of carbonyl (C=O) groups is 3. The Bertz CT molecular complexity index is 761. The van der Waals surface area contributed by atoms with Gasteiger partial charge in [-0.25, -0.2) is 4.79 Å².